The third kappa shape index (κ3) is 3.13. The highest BCUT2D eigenvalue weighted by Crippen LogP contribution is 2.29. The minimum absolute atomic E-state index is 0.171. The lowest BCUT2D eigenvalue weighted by Crippen LogP contribution is -2.34. The third-order valence-corrected chi connectivity index (χ3v) is 4.67. The second-order valence-corrected chi connectivity index (χ2v) is 6.36. The van der Waals surface area contributed by atoms with E-state index in [0.29, 0.717) is 5.92 Å². The molecule has 1 aliphatic rings. The molecule has 0 amide bonds. The summed E-state index contributed by atoms with van der Waals surface area (Å²) < 4.78 is 13.0. The molecule has 4 heteroatoms. The van der Waals surface area contributed by atoms with Crippen molar-refractivity contribution in [1.29, 1.82) is 0 Å². The molecule has 118 valence electrons. The summed E-state index contributed by atoms with van der Waals surface area (Å²) in [6.45, 7) is 3.02. The van der Waals surface area contributed by atoms with Gasteiger partial charge in [-0.15, -0.1) is 0 Å². The number of hydrogen-bond acceptors (Lipinski definition) is 2. The van der Waals surface area contributed by atoms with Crippen molar-refractivity contribution < 1.29 is 4.39 Å². The molecule has 3 nitrogen and oxygen atoms in total. The summed E-state index contributed by atoms with van der Waals surface area (Å²) in [7, 11) is 0. The number of piperidine rings is 1. The van der Waals surface area contributed by atoms with Crippen LogP contribution in [0.15, 0.2) is 48.7 Å². The van der Waals surface area contributed by atoms with Gasteiger partial charge >= 0.3 is 0 Å². The maximum Gasteiger partial charge on any atom is 0.123 e. The molecule has 1 fully saturated rings. The monoisotopic (exact) mass is 309 g/mol. The molecular weight excluding hydrogens is 289 g/mol. The Morgan fingerprint density at radius 3 is 2.91 bits per heavy atom. The maximum absolute atomic E-state index is 13.0. The number of benzene rings is 1. The zero-order valence-electron chi connectivity index (χ0n) is 13.0. The Kier molecular flexibility index (Phi) is 3.83. The second-order valence-electron chi connectivity index (χ2n) is 6.36. The van der Waals surface area contributed by atoms with Crippen LogP contribution in [0.25, 0.3) is 11.0 Å². The quantitative estimate of drug-likeness (QED) is 0.790. The van der Waals surface area contributed by atoms with Crippen molar-refractivity contribution in [2.45, 2.75) is 25.3 Å². The average molecular weight is 309 g/mol. The molecule has 4 rings (SSSR count). The predicted molar refractivity (Wildman–Crippen MR) is 89.7 cm³/mol. The molecule has 1 N–H and O–H groups in total. The standard InChI is InChI=1S/C19H20FN3/c20-16-7-5-14(6-8-16)12-23-10-2-3-15(13-23)18-11-19-17(22-18)4-1-9-21-19/h1,4-9,11,15,22H,2-3,10,12-13H2/t15-/m1/s1. The highest BCUT2D eigenvalue weighted by atomic mass is 19.1. The van der Waals surface area contributed by atoms with Crippen molar-refractivity contribution >= 4 is 11.0 Å². The Labute approximate surface area is 135 Å². The molecule has 0 saturated carbocycles. The molecule has 3 aromatic rings. The van der Waals surface area contributed by atoms with E-state index in [2.05, 4.69) is 27.0 Å². The molecular formula is C19H20FN3. The van der Waals surface area contributed by atoms with Crippen LogP contribution in [0.1, 0.15) is 30.0 Å². The van der Waals surface area contributed by atoms with Crippen LogP contribution in [0.3, 0.4) is 0 Å². The van der Waals surface area contributed by atoms with Crippen LogP contribution in [0.2, 0.25) is 0 Å². The number of fused-ring (bicyclic) bond motifs is 1. The van der Waals surface area contributed by atoms with Crippen molar-refractivity contribution in [3.8, 4) is 0 Å². The fourth-order valence-electron chi connectivity index (χ4n) is 3.50. The Balaban J connectivity index is 1.49. The lowest BCUT2D eigenvalue weighted by Gasteiger charge is -2.32. The van der Waals surface area contributed by atoms with Gasteiger partial charge in [-0.2, -0.15) is 0 Å². The van der Waals surface area contributed by atoms with E-state index in [1.54, 1.807) is 12.1 Å². The number of pyridine rings is 1. The van der Waals surface area contributed by atoms with Crippen molar-refractivity contribution in [1.82, 2.24) is 14.9 Å². The van der Waals surface area contributed by atoms with Gasteiger partial charge in [0.05, 0.1) is 11.0 Å². The lowest BCUT2D eigenvalue weighted by molar-refractivity contribution is 0.199. The summed E-state index contributed by atoms with van der Waals surface area (Å²) >= 11 is 0. The molecule has 1 saturated heterocycles. The van der Waals surface area contributed by atoms with Gasteiger partial charge < -0.3 is 4.98 Å². The number of H-pyrrole nitrogens is 1. The first-order valence-corrected chi connectivity index (χ1v) is 8.18. The van der Waals surface area contributed by atoms with Crippen molar-refractivity contribution in [2.75, 3.05) is 13.1 Å². The largest absolute Gasteiger partial charge is 0.357 e. The fraction of sp³-hybridized carbons (Fsp3) is 0.316. The fourth-order valence-corrected chi connectivity index (χ4v) is 3.50. The van der Waals surface area contributed by atoms with Crippen LogP contribution in [0.5, 0.6) is 0 Å². The third-order valence-electron chi connectivity index (χ3n) is 4.67. The molecule has 0 radical (unpaired) electrons. The highest BCUT2D eigenvalue weighted by molar-refractivity contribution is 5.75. The first kappa shape index (κ1) is 14.4. The van der Waals surface area contributed by atoms with Gasteiger partial charge in [-0.25, -0.2) is 4.39 Å². The summed E-state index contributed by atoms with van der Waals surface area (Å²) in [5, 5.41) is 0. The minimum atomic E-state index is -0.171. The van der Waals surface area contributed by atoms with E-state index in [4.69, 9.17) is 0 Å². The highest BCUT2D eigenvalue weighted by Gasteiger charge is 2.22. The Bertz CT molecular complexity index is 761. The molecule has 2 aromatic heterocycles. The molecule has 23 heavy (non-hydrogen) atoms. The molecule has 0 bridgehead atoms. The second kappa shape index (κ2) is 6.13. The number of hydrogen-bond donors (Lipinski definition) is 1. The number of nitrogens with zero attached hydrogens (tertiary/aromatic N) is 2. The van der Waals surface area contributed by atoms with Crippen LogP contribution in [0.4, 0.5) is 4.39 Å². The van der Waals surface area contributed by atoms with E-state index in [0.717, 1.165) is 30.7 Å². The molecule has 1 atom stereocenters. The van der Waals surface area contributed by atoms with Crippen LogP contribution in [0, 0.1) is 5.82 Å². The molecule has 0 spiro atoms. The number of likely N-dealkylation sites (tertiary alicyclic amines) is 1. The Morgan fingerprint density at radius 1 is 1.22 bits per heavy atom. The zero-order chi connectivity index (χ0) is 15.6. The first-order valence-electron chi connectivity index (χ1n) is 8.18. The van der Waals surface area contributed by atoms with Gasteiger partial charge in [0.2, 0.25) is 0 Å². The number of aromatic nitrogens is 2. The van der Waals surface area contributed by atoms with Gasteiger partial charge in [0.1, 0.15) is 5.82 Å². The molecule has 0 aliphatic carbocycles. The van der Waals surface area contributed by atoms with Gasteiger partial charge in [-0.1, -0.05) is 12.1 Å². The van der Waals surface area contributed by atoms with Crippen molar-refractivity contribution in [3.05, 3.63) is 65.7 Å². The van der Waals surface area contributed by atoms with Gasteiger partial charge in [0, 0.05) is 30.9 Å². The summed E-state index contributed by atoms with van der Waals surface area (Å²) in [5.74, 6) is 0.342. The normalized spacial score (nSPS) is 19.3. The van der Waals surface area contributed by atoms with Gasteiger partial charge in [0.25, 0.3) is 0 Å². The average Bonchev–Trinajstić information content (AvgIpc) is 3.01. The summed E-state index contributed by atoms with van der Waals surface area (Å²) in [6, 6.07) is 13.1. The van der Waals surface area contributed by atoms with Crippen molar-refractivity contribution in [2.24, 2.45) is 0 Å². The van der Waals surface area contributed by atoms with Gasteiger partial charge in [-0.3, -0.25) is 9.88 Å². The Morgan fingerprint density at radius 2 is 2.09 bits per heavy atom. The summed E-state index contributed by atoms with van der Waals surface area (Å²) in [4.78, 5) is 10.4. The number of nitrogens with one attached hydrogen (secondary N) is 1. The smallest absolute Gasteiger partial charge is 0.123 e. The van der Waals surface area contributed by atoms with E-state index >= 15 is 0 Å². The van der Waals surface area contributed by atoms with E-state index in [1.165, 1.54) is 24.1 Å². The molecule has 1 aromatic carbocycles. The molecule has 3 heterocycles. The lowest BCUT2D eigenvalue weighted by atomic mass is 9.94. The topological polar surface area (TPSA) is 31.9 Å². The molecule has 1 aliphatic heterocycles. The maximum atomic E-state index is 13.0. The van der Waals surface area contributed by atoms with E-state index in [-0.39, 0.29) is 5.82 Å². The van der Waals surface area contributed by atoms with E-state index < -0.39 is 0 Å². The summed E-state index contributed by atoms with van der Waals surface area (Å²) in [5.41, 5.74) is 4.60. The van der Waals surface area contributed by atoms with E-state index in [1.807, 2.05) is 24.4 Å². The van der Waals surface area contributed by atoms with Crippen molar-refractivity contribution in [3.63, 3.8) is 0 Å². The number of rotatable bonds is 3. The van der Waals surface area contributed by atoms with Crippen LogP contribution in [-0.2, 0) is 6.54 Å². The van der Waals surface area contributed by atoms with Gasteiger partial charge in [0.15, 0.2) is 0 Å². The SMILES string of the molecule is Fc1ccc(CN2CCC[C@@H](c3cc4ncccc4[nH]3)C2)cc1. The first-order chi connectivity index (χ1) is 11.3. The number of aromatic amines is 1. The van der Waals surface area contributed by atoms with E-state index in [9.17, 15) is 4.39 Å². The number of halogens is 1. The summed E-state index contributed by atoms with van der Waals surface area (Å²) in [6.07, 6.45) is 4.23. The Hall–Kier alpha value is -2.20. The van der Waals surface area contributed by atoms with Crippen LogP contribution < -0.4 is 0 Å². The van der Waals surface area contributed by atoms with Crippen LogP contribution >= 0.6 is 0 Å². The van der Waals surface area contributed by atoms with Gasteiger partial charge in [-0.05, 0) is 55.3 Å². The minimum Gasteiger partial charge on any atom is -0.357 e. The molecule has 0 unspecified atom stereocenters. The van der Waals surface area contributed by atoms with Crippen LogP contribution in [-0.4, -0.2) is 28.0 Å². The predicted octanol–water partition coefficient (Wildman–Crippen LogP) is 4.08. The zero-order valence-corrected chi connectivity index (χ0v) is 13.0.